The van der Waals surface area contributed by atoms with Crippen LogP contribution in [0.5, 0.6) is 0 Å². The van der Waals surface area contributed by atoms with E-state index in [1.54, 1.807) is 7.11 Å². The number of hydrogen-bond acceptors (Lipinski definition) is 2. The van der Waals surface area contributed by atoms with E-state index in [1.165, 1.54) is 10.7 Å². The van der Waals surface area contributed by atoms with Crippen LogP contribution < -0.4 is 0 Å². The summed E-state index contributed by atoms with van der Waals surface area (Å²) in [6.07, 6.45) is 1.60. The largest absolute Gasteiger partial charge is 0.381 e. The third-order valence-corrected chi connectivity index (χ3v) is 4.42. The smallest absolute Gasteiger partial charge is 0.286 e. The Bertz CT molecular complexity index is 659. The first-order valence-corrected chi connectivity index (χ1v) is 7.47. The fraction of sp³-hybridized carbons (Fsp3) is 0.562. The molecular formula is C16H21F2N3O. The number of ether oxygens (including phenoxy) is 1. The van der Waals surface area contributed by atoms with Crippen molar-refractivity contribution < 1.29 is 13.5 Å². The second kappa shape index (κ2) is 5.19. The molecule has 22 heavy (non-hydrogen) atoms. The summed E-state index contributed by atoms with van der Waals surface area (Å²) in [7, 11) is 1.65. The fourth-order valence-corrected chi connectivity index (χ4v) is 3.06. The lowest BCUT2D eigenvalue weighted by atomic mass is 9.89. The summed E-state index contributed by atoms with van der Waals surface area (Å²) in [6.45, 7) is 4.81. The van der Waals surface area contributed by atoms with Crippen molar-refractivity contribution in [2.75, 3.05) is 7.11 Å². The summed E-state index contributed by atoms with van der Waals surface area (Å²) < 4.78 is 36.6. The molecule has 0 aliphatic heterocycles. The molecule has 2 aromatic rings. The van der Waals surface area contributed by atoms with E-state index >= 15 is 0 Å². The maximum Gasteiger partial charge on any atom is 0.286 e. The van der Waals surface area contributed by atoms with Crippen molar-refractivity contribution in [3.8, 4) is 5.82 Å². The molecular weight excluding hydrogens is 288 g/mol. The minimum absolute atomic E-state index is 0.0179. The Morgan fingerprint density at radius 1 is 1.23 bits per heavy atom. The van der Waals surface area contributed by atoms with Gasteiger partial charge in [0.1, 0.15) is 5.69 Å². The summed E-state index contributed by atoms with van der Waals surface area (Å²) in [5, 5.41) is 4.48. The van der Waals surface area contributed by atoms with Crippen LogP contribution >= 0.6 is 0 Å². The Hall–Kier alpha value is -1.69. The van der Waals surface area contributed by atoms with E-state index in [1.807, 2.05) is 30.5 Å². The predicted octanol–water partition coefficient (Wildman–Crippen LogP) is 3.75. The van der Waals surface area contributed by atoms with Gasteiger partial charge in [0, 0.05) is 31.5 Å². The Labute approximate surface area is 128 Å². The van der Waals surface area contributed by atoms with Crippen LogP contribution in [0.2, 0.25) is 0 Å². The van der Waals surface area contributed by atoms with Crippen molar-refractivity contribution >= 4 is 0 Å². The number of nitrogens with zero attached hydrogens (tertiary/aromatic N) is 3. The van der Waals surface area contributed by atoms with Gasteiger partial charge in [-0.25, -0.2) is 0 Å². The van der Waals surface area contributed by atoms with Crippen molar-refractivity contribution in [2.45, 2.75) is 51.7 Å². The Morgan fingerprint density at radius 3 is 2.32 bits per heavy atom. The first kappa shape index (κ1) is 15.2. The zero-order chi connectivity index (χ0) is 16.1. The van der Waals surface area contributed by atoms with Crippen LogP contribution in [-0.2, 0) is 10.7 Å². The van der Waals surface area contributed by atoms with E-state index in [9.17, 15) is 8.78 Å². The van der Waals surface area contributed by atoms with Gasteiger partial charge in [-0.2, -0.15) is 13.9 Å². The standard InChI is InChI=1S/C16H21F2N3O/c1-10-5-6-11(2)20(10)15-9-14(16(3,17)18)21(19-15)12-7-13(8-12)22-4/h5-6,9,12-13H,7-8H2,1-4H3/t12-,13-. The van der Waals surface area contributed by atoms with Crippen molar-refractivity contribution in [1.82, 2.24) is 14.3 Å². The zero-order valence-electron chi connectivity index (χ0n) is 13.3. The molecule has 1 saturated carbocycles. The molecule has 4 nitrogen and oxygen atoms in total. The molecule has 0 saturated heterocycles. The molecule has 120 valence electrons. The second-order valence-electron chi connectivity index (χ2n) is 6.16. The van der Waals surface area contributed by atoms with E-state index in [4.69, 9.17) is 4.74 Å². The molecule has 0 unspecified atom stereocenters. The molecule has 2 aromatic heterocycles. The summed E-state index contributed by atoms with van der Waals surface area (Å²) in [5.74, 6) is -2.37. The molecule has 1 aliphatic carbocycles. The first-order chi connectivity index (χ1) is 10.3. The van der Waals surface area contributed by atoms with E-state index in [0.717, 1.165) is 31.2 Å². The summed E-state index contributed by atoms with van der Waals surface area (Å²) >= 11 is 0. The van der Waals surface area contributed by atoms with Crippen LogP contribution in [0.15, 0.2) is 18.2 Å². The zero-order valence-corrected chi connectivity index (χ0v) is 13.3. The first-order valence-electron chi connectivity index (χ1n) is 7.47. The third kappa shape index (κ3) is 2.45. The lowest BCUT2D eigenvalue weighted by Crippen LogP contribution is -2.35. The average Bonchev–Trinajstić information content (AvgIpc) is 2.92. The number of halogens is 2. The van der Waals surface area contributed by atoms with Gasteiger partial charge in [-0.3, -0.25) is 4.68 Å². The monoisotopic (exact) mass is 309 g/mol. The normalized spacial score (nSPS) is 21.9. The van der Waals surface area contributed by atoms with Gasteiger partial charge >= 0.3 is 0 Å². The van der Waals surface area contributed by atoms with Crippen molar-refractivity contribution in [3.05, 3.63) is 35.3 Å². The Morgan fingerprint density at radius 2 is 1.82 bits per heavy atom. The highest BCUT2D eigenvalue weighted by atomic mass is 19.3. The maximum atomic E-state index is 14.0. The second-order valence-corrected chi connectivity index (χ2v) is 6.16. The molecule has 6 heteroatoms. The van der Waals surface area contributed by atoms with Gasteiger partial charge in [0.05, 0.1) is 12.1 Å². The molecule has 0 spiro atoms. The maximum absolute atomic E-state index is 14.0. The van der Waals surface area contributed by atoms with Crippen molar-refractivity contribution in [3.63, 3.8) is 0 Å². The highest BCUT2D eigenvalue weighted by Gasteiger charge is 2.38. The molecule has 3 rings (SSSR count). The third-order valence-electron chi connectivity index (χ3n) is 4.42. The van der Waals surface area contributed by atoms with Gasteiger partial charge in [0.2, 0.25) is 0 Å². The molecule has 0 bridgehead atoms. The molecule has 0 N–H and O–H groups in total. The molecule has 1 aliphatic rings. The summed E-state index contributed by atoms with van der Waals surface area (Å²) in [4.78, 5) is 0. The number of alkyl halides is 2. The van der Waals surface area contributed by atoms with Gasteiger partial charge in [-0.1, -0.05) is 0 Å². The number of aryl methyl sites for hydroxylation is 2. The van der Waals surface area contributed by atoms with E-state index < -0.39 is 5.92 Å². The summed E-state index contributed by atoms with van der Waals surface area (Å²) in [5.41, 5.74) is 1.93. The lowest BCUT2D eigenvalue weighted by Gasteiger charge is -2.35. The van der Waals surface area contributed by atoms with E-state index in [0.29, 0.717) is 5.82 Å². The molecule has 0 atom stereocenters. The average molecular weight is 309 g/mol. The highest BCUT2D eigenvalue weighted by Crippen LogP contribution is 2.39. The number of methoxy groups -OCH3 is 1. The number of aromatic nitrogens is 3. The molecule has 2 heterocycles. The highest BCUT2D eigenvalue weighted by molar-refractivity contribution is 5.34. The van der Waals surface area contributed by atoms with Crippen LogP contribution in [0.1, 0.15) is 42.9 Å². The molecule has 0 aromatic carbocycles. The lowest BCUT2D eigenvalue weighted by molar-refractivity contribution is -0.0202. The minimum Gasteiger partial charge on any atom is -0.381 e. The fourth-order valence-electron chi connectivity index (χ4n) is 3.06. The molecule has 1 fully saturated rings. The van der Waals surface area contributed by atoms with Gasteiger partial charge in [0.25, 0.3) is 5.92 Å². The Kier molecular flexibility index (Phi) is 3.59. The summed E-state index contributed by atoms with van der Waals surface area (Å²) in [6, 6.07) is 5.40. The van der Waals surface area contributed by atoms with Crippen LogP contribution in [0.4, 0.5) is 8.78 Å². The number of rotatable bonds is 4. The van der Waals surface area contributed by atoms with Gasteiger partial charge in [-0.15, -0.1) is 0 Å². The number of hydrogen-bond donors (Lipinski definition) is 0. The quantitative estimate of drug-likeness (QED) is 0.861. The van der Waals surface area contributed by atoms with E-state index in [-0.39, 0.29) is 17.8 Å². The molecule has 0 radical (unpaired) electrons. The van der Waals surface area contributed by atoms with Crippen molar-refractivity contribution in [1.29, 1.82) is 0 Å². The van der Waals surface area contributed by atoms with Crippen LogP contribution in [0.3, 0.4) is 0 Å². The predicted molar refractivity (Wildman–Crippen MR) is 79.7 cm³/mol. The van der Waals surface area contributed by atoms with Crippen LogP contribution in [0, 0.1) is 13.8 Å². The van der Waals surface area contributed by atoms with Gasteiger partial charge in [0.15, 0.2) is 5.82 Å². The van der Waals surface area contributed by atoms with Gasteiger partial charge < -0.3 is 9.30 Å². The van der Waals surface area contributed by atoms with Crippen LogP contribution in [0.25, 0.3) is 5.82 Å². The Balaban J connectivity index is 2.03. The van der Waals surface area contributed by atoms with Gasteiger partial charge in [-0.05, 0) is 38.8 Å². The van der Waals surface area contributed by atoms with Crippen molar-refractivity contribution in [2.24, 2.45) is 0 Å². The van der Waals surface area contributed by atoms with Crippen LogP contribution in [-0.4, -0.2) is 27.6 Å². The SMILES string of the molecule is CO[C@H]1C[C@H](n2nc(-n3c(C)ccc3C)cc2C(C)(F)F)C1. The minimum atomic E-state index is -2.92. The topological polar surface area (TPSA) is 32.0 Å². The molecule has 0 amide bonds. The van der Waals surface area contributed by atoms with E-state index in [2.05, 4.69) is 5.10 Å².